The molecule has 0 aliphatic rings. The Morgan fingerprint density at radius 1 is 1.43 bits per heavy atom. The third-order valence-electron chi connectivity index (χ3n) is 1.55. The van der Waals surface area contributed by atoms with Gasteiger partial charge >= 0.3 is 0 Å². The average molecular weight is 288 g/mol. The fraction of sp³-hybridized carbons (Fsp3) is 0. The lowest BCUT2D eigenvalue weighted by molar-refractivity contribution is 1.08. The first-order valence-corrected chi connectivity index (χ1v) is 5.84. The van der Waals surface area contributed by atoms with E-state index in [0.29, 0.717) is 3.95 Å². The van der Waals surface area contributed by atoms with Crippen LogP contribution >= 0.6 is 39.5 Å². The van der Waals surface area contributed by atoms with E-state index in [1.165, 1.54) is 11.3 Å². The van der Waals surface area contributed by atoms with Crippen molar-refractivity contribution in [3.8, 4) is 0 Å². The number of hydrogen-bond donors (Lipinski definition) is 2. The number of nitrogens with zero attached hydrogens (tertiary/aromatic N) is 1. The number of para-hydroxylation sites is 1. The summed E-state index contributed by atoms with van der Waals surface area (Å²) in [7, 11) is 0. The molecule has 0 saturated carbocycles. The van der Waals surface area contributed by atoms with E-state index in [2.05, 4.69) is 31.4 Å². The highest BCUT2D eigenvalue weighted by Crippen LogP contribution is 2.25. The summed E-state index contributed by atoms with van der Waals surface area (Å²) in [6.45, 7) is 0. The molecule has 2 aromatic rings. The summed E-state index contributed by atoms with van der Waals surface area (Å²) in [4.78, 5) is 0. The van der Waals surface area contributed by atoms with Gasteiger partial charge < -0.3 is 5.32 Å². The van der Waals surface area contributed by atoms with Gasteiger partial charge in [-0.15, -0.1) is 5.10 Å². The van der Waals surface area contributed by atoms with Gasteiger partial charge in [-0.2, -0.15) is 0 Å². The first-order valence-electron chi connectivity index (χ1n) is 3.83. The smallest absolute Gasteiger partial charge is 0.208 e. The molecule has 6 heteroatoms. The van der Waals surface area contributed by atoms with Crippen LogP contribution in [0.15, 0.2) is 28.7 Å². The van der Waals surface area contributed by atoms with Crippen molar-refractivity contribution in [1.82, 2.24) is 10.2 Å². The first-order chi connectivity index (χ1) is 6.75. The highest BCUT2D eigenvalue weighted by atomic mass is 79.9. The minimum atomic E-state index is 0.666. The van der Waals surface area contributed by atoms with E-state index in [9.17, 15) is 0 Å². The first kappa shape index (κ1) is 9.82. The Bertz CT molecular complexity index is 491. The summed E-state index contributed by atoms with van der Waals surface area (Å²) in [5, 5.41) is 10.6. The maximum Gasteiger partial charge on any atom is 0.208 e. The number of anilines is 2. The minimum Gasteiger partial charge on any atom is -0.329 e. The monoisotopic (exact) mass is 287 g/mol. The molecule has 0 fully saturated rings. The second-order valence-electron chi connectivity index (χ2n) is 2.52. The van der Waals surface area contributed by atoms with Crippen LogP contribution < -0.4 is 5.32 Å². The minimum absolute atomic E-state index is 0.666. The van der Waals surface area contributed by atoms with Gasteiger partial charge in [0.05, 0.1) is 5.69 Å². The van der Waals surface area contributed by atoms with Crippen molar-refractivity contribution >= 4 is 50.3 Å². The SMILES string of the molecule is S=c1[nH]nc(Nc2ccccc2Br)s1. The second-order valence-corrected chi connectivity index (χ2v) is 5.04. The molecule has 0 saturated heterocycles. The van der Waals surface area contributed by atoms with Crippen LogP contribution in [0.2, 0.25) is 0 Å². The van der Waals surface area contributed by atoms with Crippen molar-refractivity contribution < 1.29 is 0 Å². The standard InChI is InChI=1S/C8H6BrN3S2/c9-5-3-1-2-4-6(5)10-7-11-12-8(13)14-7/h1-4H,(H,10,11)(H,12,13). The summed E-state index contributed by atoms with van der Waals surface area (Å²) < 4.78 is 1.67. The lowest BCUT2D eigenvalue weighted by Gasteiger charge is -2.03. The Labute approximate surface area is 98.3 Å². The molecule has 1 heterocycles. The molecule has 3 nitrogen and oxygen atoms in total. The third kappa shape index (κ3) is 2.20. The summed E-state index contributed by atoms with van der Waals surface area (Å²) in [5.74, 6) is 0. The maximum atomic E-state index is 4.93. The topological polar surface area (TPSA) is 40.7 Å². The molecule has 0 unspecified atom stereocenters. The van der Waals surface area contributed by atoms with Crippen molar-refractivity contribution in [2.24, 2.45) is 0 Å². The number of hydrogen-bond acceptors (Lipinski definition) is 4. The van der Waals surface area contributed by atoms with Crippen LogP contribution in [0, 0.1) is 3.95 Å². The van der Waals surface area contributed by atoms with E-state index in [0.717, 1.165) is 15.3 Å². The lowest BCUT2D eigenvalue weighted by atomic mass is 10.3. The van der Waals surface area contributed by atoms with E-state index in [4.69, 9.17) is 12.2 Å². The van der Waals surface area contributed by atoms with Crippen molar-refractivity contribution in [3.05, 3.63) is 32.7 Å². The van der Waals surface area contributed by atoms with Gasteiger partial charge in [-0.3, -0.25) is 5.10 Å². The van der Waals surface area contributed by atoms with Gasteiger partial charge in [0.2, 0.25) is 5.13 Å². The zero-order valence-corrected chi connectivity index (χ0v) is 10.2. The molecule has 0 aliphatic carbocycles. The fourth-order valence-electron chi connectivity index (χ4n) is 0.961. The number of aromatic amines is 1. The fourth-order valence-corrected chi connectivity index (χ4v) is 2.15. The normalized spacial score (nSPS) is 10.1. The molecular weight excluding hydrogens is 282 g/mol. The van der Waals surface area contributed by atoms with Crippen LogP contribution in [0.4, 0.5) is 10.8 Å². The summed E-state index contributed by atoms with van der Waals surface area (Å²) in [6, 6.07) is 7.85. The Morgan fingerprint density at radius 3 is 2.86 bits per heavy atom. The predicted octanol–water partition coefficient (Wildman–Crippen LogP) is 3.71. The van der Waals surface area contributed by atoms with Crippen molar-refractivity contribution in [1.29, 1.82) is 0 Å². The number of nitrogens with one attached hydrogen (secondary N) is 2. The van der Waals surface area contributed by atoms with Crippen LogP contribution in [0.1, 0.15) is 0 Å². The Kier molecular flexibility index (Phi) is 2.95. The van der Waals surface area contributed by atoms with Crippen LogP contribution in [-0.2, 0) is 0 Å². The number of rotatable bonds is 2. The van der Waals surface area contributed by atoms with Gasteiger partial charge in [-0.05, 0) is 40.3 Å². The predicted molar refractivity (Wildman–Crippen MR) is 64.7 cm³/mol. The molecule has 0 spiro atoms. The Balaban J connectivity index is 2.27. The second kappa shape index (κ2) is 4.20. The molecule has 0 aliphatic heterocycles. The lowest BCUT2D eigenvalue weighted by Crippen LogP contribution is -1.89. The van der Waals surface area contributed by atoms with Gasteiger partial charge in [-0.1, -0.05) is 23.5 Å². The van der Waals surface area contributed by atoms with Gasteiger partial charge in [0.1, 0.15) is 0 Å². The largest absolute Gasteiger partial charge is 0.329 e. The summed E-state index contributed by atoms with van der Waals surface area (Å²) in [6.07, 6.45) is 0. The number of halogens is 1. The molecule has 1 aromatic heterocycles. The number of benzene rings is 1. The molecule has 0 bridgehead atoms. The highest BCUT2D eigenvalue weighted by Gasteiger charge is 2.00. The van der Waals surface area contributed by atoms with Crippen LogP contribution in [-0.4, -0.2) is 10.2 Å². The van der Waals surface area contributed by atoms with Crippen molar-refractivity contribution in [2.45, 2.75) is 0 Å². The molecule has 14 heavy (non-hydrogen) atoms. The van der Waals surface area contributed by atoms with Gasteiger partial charge in [0.25, 0.3) is 0 Å². The molecule has 0 atom stereocenters. The van der Waals surface area contributed by atoms with Gasteiger partial charge in [0, 0.05) is 4.47 Å². The van der Waals surface area contributed by atoms with Crippen LogP contribution in [0.5, 0.6) is 0 Å². The molecule has 1 aromatic carbocycles. The quantitative estimate of drug-likeness (QED) is 0.828. The average Bonchev–Trinajstić information content (AvgIpc) is 2.56. The number of aromatic nitrogens is 2. The zero-order chi connectivity index (χ0) is 9.97. The van der Waals surface area contributed by atoms with E-state index in [1.807, 2.05) is 24.3 Å². The van der Waals surface area contributed by atoms with Crippen molar-refractivity contribution in [2.75, 3.05) is 5.32 Å². The maximum absolute atomic E-state index is 4.93. The molecule has 0 amide bonds. The van der Waals surface area contributed by atoms with Crippen LogP contribution in [0.3, 0.4) is 0 Å². The van der Waals surface area contributed by atoms with E-state index in [1.54, 1.807) is 0 Å². The van der Waals surface area contributed by atoms with Gasteiger partial charge in [0.15, 0.2) is 3.95 Å². The zero-order valence-electron chi connectivity index (χ0n) is 6.95. The van der Waals surface area contributed by atoms with Crippen molar-refractivity contribution in [3.63, 3.8) is 0 Å². The van der Waals surface area contributed by atoms with Gasteiger partial charge in [-0.25, -0.2) is 0 Å². The molecule has 72 valence electrons. The molecule has 0 radical (unpaired) electrons. The third-order valence-corrected chi connectivity index (χ3v) is 3.25. The van der Waals surface area contributed by atoms with E-state index >= 15 is 0 Å². The highest BCUT2D eigenvalue weighted by molar-refractivity contribution is 9.10. The molecule has 2 N–H and O–H groups in total. The van der Waals surface area contributed by atoms with E-state index in [-0.39, 0.29) is 0 Å². The molecular formula is C8H6BrN3S2. The Morgan fingerprint density at radius 2 is 2.21 bits per heavy atom. The number of H-pyrrole nitrogens is 1. The van der Waals surface area contributed by atoms with Crippen LogP contribution in [0.25, 0.3) is 0 Å². The summed E-state index contributed by atoms with van der Waals surface area (Å²) >= 11 is 9.78. The van der Waals surface area contributed by atoms with E-state index < -0.39 is 0 Å². The Hall–Kier alpha value is -0.720. The molecule has 2 rings (SSSR count). The summed E-state index contributed by atoms with van der Waals surface area (Å²) in [5.41, 5.74) is 0.977.